The van der Waals surface area contributed by atoms with Crippen molar-refractivity contribution < 1.29 is 13.3 Å². The van der Waals surface area contributed by atoms with E-state index in [0.717, 1.165) is 38.8 Å². The quantitative estimate of drug-likeness (QED) is 0.669. The summed E-state index contributed by atoms with van der Waals surface area (Å²) in [6.45, 7) is 2.32. The molecule has 2 fully saturated rings. The van der Waals surface area contributed by atoms with E-state index in [1.807, 2.05) is 0 Å². The molecule has 0 bridgehead atoms. The van der Waals surface area contributed by atoms with Crippen molar-refractivity contribution in [3.05, 3.63) is 34.4 Å². The van der Waals surface area contributed by atoms with E-state index >= 15 is 0 Å². The molecule has 0 saturated carbocycles. The summed E-state index contributed by atoms with van der Waals surface area (Å²) in [5, 5.41) is 14.1. The molecule has 2 aliphatic rings. The fraction of sp³-hybridized carbons (Fsp3) is 0.600. The molecule has 0 spiro atoms. The summed E-state index contributed by atoms with van der Waals surface area (Å²) in [4.78, 5) is 10.3. The maximum Gasteiger partial charge on any atom is 0.269 e. The smallest absolute Gasteiger partial charge is 0.269 e. The Labute approximate surface area is 135 Å². The minimum absolute atomic E-state index is 0.0268. The fourth-order valence-corrected chi connectivity index (χ4v) is 5.37. The molecule has 0 aromatic heterocycles. The SMILES string of the molecule is O=[N+]([O-])c1ccc(S(=O)(=O)N2CCCC3CNCCCC32)cc1. The first kappa shape index (κ1) is 16.4. The number of benzene rings is 1. The third-order valence-corrected chi connectivity index (χ3v) is 6.72. The third-order valence-electron chi connectivity index (χ3n) is 4.78. The van der Waals surface area contributed by atoms with Crippen LogP contribution >= 0.6 is 0 Å². The molecule has 7 nitrogen and oxygen atoms in total. The number of nitrogens with one attached hydrogen (secondary N) is 1. The van der Waals surface area contributed by atoms with Gasteiger partial charge in [0.25, 0.3) is 5.69 Å². The van der Waals surface area contributed by atoms with Crippen LogP contribution in [0.2, 0.25) is 0 Å². The van der Waals surface area contributed by atoms with E-state index in [0.29, 0.717) is 12.5 Å². The van der Waals surface area contributed by atoms with E-state index < -0.39 is 14.9 Å². The van der Waals surface area contributed by atoms with Gasteiger partial charge >= 0.3 is 0 Å². The van der Waals surface area contributed by atoms with Gasteiger partial charge in [-0.1, -0.05) is 0 Å². The van der Waals surface area contributed by atoms with Gasteiger partial charge in [-0.3, -0.25) is 10.1 Å². The Bertz CT molecular complexity index is 674. The van der Waals surface area contributed by atoms with Gasteiger partial charge in [0, 0.05) is 24.7 Å². The average Bonchev–Trinajstić information content (AvgIpc) is 2.80. The minimum atomic E-state index is -3.61. The molecule has 2 atom stereocenters. The number of nitrogens with zero attached hydrogens (tertiary/aromatic N) is 2. The Hall–Kier alpha value is -1.51. The van der Waals surface area contributed by atoms with Crippen molar-refractivity contribution in [3.63, 3.8) is 0 Å². The summed E-state index contributed by atoms with van der Waals surface area (Å²) in [7, 11) is -3.61. The second-order valence-electron chi connectivity index (χ2n) is 6.18. The molecule has 0 amide bonds. The lowest BCUT2D eigenvalue weighted by atomic mass is 9.89. The standard InChI is InChI=1S/C15H21N3O4S/c19-18(20)13-5-7-14(8-6-13)23(21,22)17-10-2-3-12-11-16-9-1-4-15(12)17/h5-8,12,15-16H,1-4,9-11H2. The van der Waals surface area contributed by atoms with Gasteiger partial charge in [0.15, 0.2) is 0 Å². The van der Waals surface area contributed by atoms with Crippen LogP contribution in [0.5, 0.6) is 0 Å². The van der Waals surface area contributed by atoms with E-state index in [4.69, 9.17) is 0 Å². The lowest BCUT2D eigenvalue weighted by molar-refractivity contribution is -0.384. The van der Waals surface area contributed by atoms with E-state index in [9.17, 15) is 18.5 Å². The normalized spacial score (nSPS) is 26.3. The third kappa shape index (κ3) is 3.24. The molecule has 2 unspecified atom stereocenters. The molecule has 2 heterocycles. The van der Waals surface area contributed by atoms with Gasteiger partial charge in [0.05, 0.1) is 9.82 Å². The van der Waals surface area contributed by atoms with Crippen LogP contribution in [0.4, 0.5) is 5.69 Å². The van der Waals surface area contributed by atoms with Crippen molar-refractivity contribution in [2.45, 2.75) is 36.6 Å². The molecular formula is C15H21N3O4S. The lowest BCUT2D eigenvalue weighted by Crippen LogP contribution is -2.49. The Kier molecular flexibility index (Phi) is 4.65. The Morgan fingerprint density at radius 3 is 2.61 bits per heavy atom. The number of nitro groups is 1. The highest BCUT2D eigenvalue weighted by atomic mass is 32.2. The van der Waals surface area contributed by atoms with Crippen LogP contribution in [-0.4, -0.2) is 43.3 Å². The largest absolute Gasteiger partial charge is 0.316 e. The number of sulfonamides is 1. The first-order chi connectivity index (χ1) is 11.0. The number of nitro benzene ring substituents is 1. The predicted octanol–water partition coefficient (Wildman–Crippen LogP) is 1.75. The molecule has 0 aliphatic carbocycles. The predicted molar refractivity (Wildman–Crippen MR) is 85.6 cm³/mol. The van der Waals surface area contributed by atoms with Crippen molar-refractivity contribution in [2.24, 2.45) is 5.92 Å². The first-order valence-corrected chi connectivity index (χ1v) is 9.41. The van der Waals surface area contributed by atoms with Crippen molar-refractivity contribution in [1.29, 1.82) is 0 Å². The van der Waals surface area contributed by atoms with Gasteiger partial charge in [-0.2, -0.15) is 4.31 Å². The van der Waals surface area contributed by atoms with Crippen LogP contribution in [0, 0.1) is 16.0 Å². The number of non-ortho nitro benzene ring substituents is 1. The maximum absolute atomic E-state index is 13.0. The fourth-order valence-electron chi connectivity index (χ4n) is 3.62. The molecule has 126 valence electrons. The number of fused-ring (bicyclic) bond motifs is 1. The summed E-state index contributed by atoms with van der Waals surface area (Å²) in [5.74, 6) is 0.346. The van der Waals surface area contributed by atoms with Crippen molar-refractivity contribution >= 4 is 15.7 Å². The van der Waals surface area contributed by atoms with Crippen molar-refractivity contribution in [2.75, 3.05) is 19.6 Å². The summed E-state index contributed by atoms with van der Waals surface area (Å²) < 4.78 is 27.6. The van der Waals surface area contributed by atoms with Gasteiger partial charge in [0.2, 0.25) is 10.0 Å². The summed E-state index contributed by atoms with van der Waals surface area (Å²) in [5.41, 5.74) is -0.0980. The Morgan fingerprint density at radius 1 is 1.17 bits per heavy atom. The number of piperidine rings is 1. The van der Waals surface area contributed by atoms with Crippen molar-refractivity contribution in [1.82, 2.24) is 9.62 Å². The van der Waals surface area contributed by atoms with Crippen LogP contribution in [0.15, 0.2) is 29.2 Å². The Balaban J connectivity index is 1.89. The summed E-state index contributed by atoms with van der Waals surface area (Å²) >= 11 is 0. The van der Waals surface area contributed by atoms with Crippen LogP contribution in [0.3, 0.4) is 0 Å². The highest BCUT2D eigenvalue weighted by Gasteiger charge is 2.39. The zero-order chi connectivity index (χ0) is 16.4. The molecule has 1 aromatic rings. The molecule has 2 saturated heterocycles. The van der Waals surface area contributed by atoms with E-state index in [1.54, 1.807) is 4.31 Å². The van der Waals surface area contributed by atoms with Gasteiger partial charge in [0.1, 0.15) is 0 Å². The topological polar surface area (TPSA) is 92.5 Å². The molecule has 8 heteroatoms. The molecule has 1 N–H and O–H groups in total. The molecule has 3 rings (SSSR count). The van der Waals surface area contributed by atoms with Gasteiger partial charge in [-0.05, 0) is 56.8 Å². The van der Waals surface area contributed by atoms with Crippen LogP contribution in [0.25, 0.3) is 0 Å². The molecule has 0 radical (unpaired) electrons. The number of rotatable bonds is 3. The molecular weight excluding hydrogens is 318 g/mol. The van der Waals surface area contributed by atoms with Gasteiger partial charge in [-0.15, -0.1) is 0 Å². The van der Waals surface area contributed by atoms with Gasteiger partial charge in [-0.25, -0.2) is 8.42 Å². The minimum Gasteiger partial charge on any atom is -0.316 e. The Morgan fingerprint density at radius 2 is 1.91 bits per heavy atom. The number of hydrogen-bond donors (Lipinski definition) is 1. The van der Waals surface area contributed by atoms with Crippen LogP contribution in [-0.2, 0) is 10.0 Å². The average molecular weight is 339 g/mol. The molecule has 1 aromatic carbocycles. The van der Waals surface area contributed by atoms with E-state index in [2.05, 4.69) is 5.32 Å². The summed E-state index contributed by atoms with van der Waals surface area (Å²) in [6.07, 6.45) is 3.73. The molecule has 2 aliphatic heterocycles. The highest BCUT2D eigenvalue weighted by molar-refractivity contribution is 7.89. The first-order valence-electron chi connectivity index (χ1n) is 7.97. The van der Waals surface area contributed by atoms with E-state index in [-0.39, 0.29) is 16.6 Å². The highest BCUT2D eigenvalue weighted by Crippen LogP contribution is 2.33. The lowest BCUT2D eigenvalue weighted by Gasteiger charge is -2.39. The van der Waals surface area contributed by atoms with Gasteiger partial charge < -0.3 is 5.32 Å². The second-order valence-corrected chi connectivity index (χ2v) is 8.07. The zero-order valence-corrected chi connectivity index (χ0v) is 13.7. The summed E-state index contributed by atoms with van der Waals surface area (Å²) in [6, 6.07) is 5.21. The maximum atomic E-state index is 13.0. The number of hydrogen-bond acceptors (Lipinski definition) is 5. The molecule has 23 heavy (non-hydrogen) atoms. The van der Waals surface area contributed by atoms with Crippen LogP contribution < -0.4 is 5.32 Å². The van der Waals surface area contributed by atoms with Crippen molar-refractivity contribution in [3.8, 4) is 0 Å². The van der Waals surface area contributed by atoms with E-state index in [1.165, 1.54) is 24.3 Å². The monoisotopic (exact) mass is 339 g/mol. The zero-order valence-electron chi connectivity index (χ0n) is 12.8. The second kappa shape index (κ2) is 6.54. The van der Waals surface area contributed by atoms with Crippen LogP contribution in [0.1, 0.15) is 25.7 Å².